The van der Waals surface area contributed by atoms with E-state index in [1.165, 1.54) is 12.0 Å². The fourth-order valence-corrected chi connectivity index (χ4v) is 1.45. The highest BCUT2D eigenvalue weighted by molar-refractivity contribution is 5.91. The summed E-state index contributed by atoms with van der Waals surface area (Å²) in [5, 5.41) is 19.5. The number of aliphatic hydroxyl groups excluding tert-OH is 2. The molecule has 0 aliphatic carbocycles. The molecule has 0 spiro atoms. The summed E-state index contributed by atoms with van der Waals surface area (Å²) in [5.74, 6) is -0.927. The highest BCUT2D eigenvalue weighted by Crippen LogP contribution is 2.28. The molecular formula is C10H15NO4. The van der Waals surface area contributed by atoms with Gasteiger partial charge in [0.25, 0.3) is 0 Å². The largest absolute Gasteiger partial charge is 0.507 e. The Morgan fingerprint density at radius 2 is 2.00 bits per heavy atom. The molecule has 0 radical (unpaired) electrons. The van der Waals surface area contributed by atoms with Gasteiger partial charge < -0.3 is 19.8 Å². The minimum Gasteiger partial charge on any atom is -0.507 e. The van der Waals surface area contributed by atoms with Crippen molar-refractivity contribution < 1.29 is 19.7 Å². The van der Waals surface area contributed by atoms with E-state index in [1.807, 2.05) is 0 Å². The van der Waals surface area contributed by atoms with Crippen LogP contribution in [0.4, 0.5) is 0 Å². The van der Waals surface area contributed by atoms with Crippen LogP contribution >= 0.6 is 0 Å². The van der Waals surface area contributed by atoms with E-state index in [1.54, 1.807) is 20.9 Å². The number of hydrogen-bond acceptors (Lipinski definition) is 5. The van der Waals surface area contributed by atoms with Gasteiger partial charge in [-0.1, -0.05) is 0 Å². The molecule has 0 saturated carbocycles. The fourth-order valence-electron chi connectivity index (χ4n) is 1.45. The van der Waals surface area contributed by atoms with Gasteiger partial charge in [0, 0.05) is 18.3 Å². The van der Waals surface area contributed by atoms with Gasteiger partial charge >= 0.3 is 5.97 Å². The maximum Gasteiger partial charge on any atom is 0.342 e. The maximum absolute atomic E-state index is 11.3. The molecule has 1 rings (SSSR count). The predicted molar refractivity (Wildman–Crippen MR) is 53.8 cm³/mol. The van der Waals surface area contributed by atoms with Crippen LogP contribution in [0.25, 0.3) is 0 Å². The van der Waals surface area contributed by atoms with E-state index < -0.39 is 12.2 Å². The van der Waals surface area contributed by atoms with Gasteiger partial charge in [0.1, 0.15) is 11.3 Å². The van der Waals surface area contributed by atoms with E-state index in [0.29, 0.717) is 11.3 Å². The Labute approximate surface area is 88.3 Å². The molecule has 1 aliphatic heterocycles. The van der Waals surface area contributed by atoms with Gasteiger partial charge in [-0.3, -0.25) is 0 Å². The molecule has 1 unspecified atom stereocenters. The lowest BCUT2D eigenvalue weighted by molar-refractivity contribution is -0.138. The summed E-state index contributed by atoms with van der Waals surface area (Å²) in [5.41, 5.74) is 1.15. The number of nitrogens with zero attached hydrogens (tertiary/aromatic N) is 1. The maximum atomic E-state index is 11.3. The van der Waals surface area contributed by atoms with Crippen LogP contribution in [0.1, 0.15) is 13.8 Å². The average molecular weight is 213 g/mol. The first-order valence-corrected chi connectivity index (χ1v) is 4.52. The Balaban J connectivity index is 3.28. The third-order valence-corrected chi connectivity index (χ3v) is 2.71. The van der Waals surface area contributed by atoms with Crippen molar-refractivity contribution in [2.24, 2.45) is 0 Å². The fraction of sp³-hybridized carbons (Fsp3) is 0.500. The molecule has 0 aromatic heterocycles. The highest BCUT2D eigenvalue weighted by atomic mass is 16.5. The minimum atomic E-state index is -1.17. The summed E-state index contributed by atoms with van der Waals surface area (Å²) in [6, 6.07) is 0. The first-order chi connectivity index (χ1) is 6.91. The van der Waals surface area contributed by atoms with Gasteiger partial charge in [0.15, 0.2) is 6.23 Å². The second-order valence-electron chi connectivity index (χ2n) is 3.45. The number of aliphatic hydroxyl groups is 2. The van der Waals surface area contributed by atoms with E-state index in [0.717, 1.165) is 0 Å². The van der Waals surface area contributed by atoms with Crippen LogP contribution in [0, 0.1) is 0 Å². The zero-order valence-corrected chi connectivity index (χ0v) is 9.24. The van der Waals surface area contributed by atoms with Crippen molar-refractivity contribution in [2.75, 3.05) is 14.2 Å². The first kappa shape index (κ1) is 11.6. The van der Waals surface area contributed by atoms with E-state index in [4.69, 9.17) is 0 Å². The second-order valence-corrected chi connectivity index (χ2v) is 3.45. The summed E-state index contributed by atoms with van der Waals surface area (Å²) >= 11 is 0. The Hall–Kier alpha value is -1.49. The average Bonchev–Trinajstić information content (AvgIpc) is 2.23. The zero-order chi connectivity index (χ0) is 11.7. The van der Waals surface area contributed by atoms with Crippen molar-refractivity contribution in [1.29, 1.82) is 0 Å². The third kappa shape index (κ3) is 1.70. The van der Waals surface area contributed by atoms with E-state index in [9.17, 15) is 15.0 Å². The van der Waals surface area contributed by atoms with Crippen LogP contribution in [0.2, 0.25) is 0 Å². The van der Waals surface area contributed by atoms with Gasteiger partial charge in [-0.2, -0.15) is 0 Å². The van der Waals surface area contributed by atoms with Crippen LogP contribution in [0.3, 0.4) is 0 Å². The summed E-state index contributed by atoms with van der Waals surface area (Å²) in [6.07, 6.45) is -1.17. The van der Waals surface area contributed by atoms with Crippen molar-refractivity contribution in [1.82, 2.24) is 4.90 Å². The molecule has 5 heteroatoms. The summed E-state index contributed by atoms with van der Waals surface area (Å²) in [6.45, 7) is 3.43. The lowest BCUT2D eigenvalue weighted by Gasteiger charge is -2.33. The van der Waals surface area contributed by atoms with Crippen LogP contribution < -0.4 is 0 Å². The number of carbonyl (C=O) groups is 1. The normalized spacial score (nSPS) is 22.2. The van der Waals surface area contributed by atoms with Crippen molar-refractivity contribution in [3.8, 4) is 0 Å². The monoisotopic (exact) mass is 213 g/mol. The number of ether oxygens (including phenoxy) is 1. The van der Waals surface area contributed by atoms with Gasteiger partial charge in [0.05, 0.1) is 7.11 Å². The quantitative estimate of drug-likeness (QED) is 0.622. The Kier molecular flexibility index (Phi) is 3.04. The SMILES string of the molecule is COC(=O)C1=C(O)C(C)=C(C)N(C)C1O. The van der Waals surface area contributed by atoms with E-state index >= 15 is 0 Å². The molecule has 84 valence electrons. The molecule has 5 nitrogen and oxygen atoms in total. The number of esters is 1. The number of hydrogen-bond donors (Lipinski definition) is 2. The van der Waals surface area contributed by atoms with Crippen molar-refractivity contribution in [2.45, 2.75) is 20.1 Å². The Morgan fingerprint density at radius 1 is 1.47 bits per heavy atom. The number of rotatable bonds is 1. The Morgan fingerprint density at radius 3 is 2.47 bits per heavy atom. The van der Waals surface area contributed by atoms with Gasteiger partial charge in [-0.05, 0) is 13.8 Å². The molecule has 1 aliphatic rings. The minimum absolute atomic E-state index is 0.122. The predicted octanol–water partition coefficient (Wildman–Crippen LogP) is 0.529. The molecule has 0 saturated heterocycles. The summed E-state index contributed by atoms with van der Waals surface area (Å²) in [7, 11) is 2.84. The number of likely N-dealkylation sites (N-methyl/N-ethyl adjacent to an activating group) is 1. The third-order valence-electron chi connectivity index (χ3n) is 2.71. The van der Waals surface area contributed by atoms with Gasteiger partial charge in [-0.15, -0.1) is 0 Å². The van der Waals surface area contributed by atoms with E-state index in [2.05, 4.69) is 4.74 Å². The zero-order valence-electron chi connectivity index (χ0n) is 9.24. The smallest absolute Gasteiger partial charge is 0.342 e. The summed E-state index contributed by atoms with van der Waals surface area (Å²) in [4.78, 5) is 12.8. The number of methoxy groups -OCH3 is 1. The molecule has 0 aromatic carbocycles. The number of allylic oxidation sites excluding steroid dienone is 2. The first-order valence-electron chi connectivity index (χ1n) is 4.52. The molecule has 1 atom stereocenters. The molecule has 0 bridgehead atoms. The molecule has 15 heavy (non-hydrogen) atoms. The molecule has 0 amide bonds. The van der Waals surface area contributed by atoms with Crippen molar-refractivity contribution in [3.05, 3.63) is 22.6 Å². The topological polar surface area (TPSA) is 70.0 Å². The van der Waals surface area contributed by atoms with Gasteiger partial charge in [0.2, 0.25) is 0 Å². The number of carbonyl (C=O) groups excluding carboxylic acids is 1. The molecule has 2 N–H and O–H groups in total. The molecule has 0 aromatic rings. The van der Waals surface area contributed by atoms with E-state index in [-0.39, 0.29) is 11.3 Å². The van der Waals surface area contributed by atoms with Crippen molar-refractivity contribution in [3.63, 3.8) is 0 Å². The lowest BCUT2D eigenvalue weighted by Crippen LogP contribution is -2.39. The van der Waals surface area contributed by atoms with Crippen molar-refractivity contribution >= 4 is 5.97 Å². The molecule has 1 heterocycles. The lowest BCUT2D eigenvalue weighted by atomic mass is 10.0. The van der Waals surface area contributed by atoms with Crippen LogP contribution in [0.15, 0.2) is 22.6 Å². The van der Waals surface area contributed by atoms with Crippen LogP contribution in [0.5, 0.6) is 0 Å². The van der Waals surface area contributed by atoms with Crippen LogP contribution in [-0.2, 0) is 9.53 Å². The molecule has 0 fully saturated rings. The van der Waals surface area contributed by atoms with Crippen LogP contribution in [-0.4, -0.2) is 41.5 Å². The van der Waals surface area contributed by atoms with Gasteiger partial charge in [-0.25, -0.2) is 4.79 Å². The second kappa shape index (κ2) is 3.94. The Bertz CT molecular complexity index is 356. The molecular weight excluding hydrogens is 198 g/mol. The highest BCUT2D eigenvalue weighted by Gasteiger charge is 2.33. The standard InChI is InChI=1S/C10H15NO4/c1-5-6(2)11(3)9(13)7(8(5)12)10(14)15-4/h9,12-13H,1-4H3. The summed E-state index contributed by atoms with van der Waals surface area (Å²) < 4.78 is 4.50.